The van der Waals surface area contributed by atoms with Crippen LogP contribution in [0.25, 0.3) is 0 Å². The molecule has 1 aliphatic rings. The fourth-order valence-electron chi connectivity index (χ4n) is 1.54. The minimum absolute atomic E-state index is 0.0857. The van der Waals surface area contributed by atoms with Gasteiger partial charge in [-0.25, -0.2) is 4.79 Å². The van der Waals surface area contributed by atoms with Crippen molar-refractivity contribution < 1.29 is 9.53 Å². The van der Waals surface area contributed by atoms with Gasteiger partial charge in [-0.15, -0.1) is 0 Å². The second-order valence-corrected chi connectivity index (χ2v) is 4.87. The molecule has 0 radical (unpaired) electrons. The normalized spacial score (nSPS) is 27.9. The Balaban J connectivity index is 2.54. The lowest BCUT2D eigenvalue weighted by Crippen LogP contribution is -2.42. The molecule has 0 bridgehead atoms. The van der Waals surface area contributed by atoms with Gasteiger partial charge in [-0.05, 0) is 34.1 Å². The lowest BCUT2D eigenvalue weighted by molar-refractivity contribution is 0.0234. The van der Waals surface area contributed by atoms with Crippen molar-refractivity contribution in [1.82, 2.24) is 4.90 Å². The number of carbonyl (C=O) groups excluding carboxylic acids is 1. The summed E-state index contributed by atoms with van der Waals surface area (Å²) in [6, 6.07) is 0.173. The Morgan fingerprint density at radius 2 is 2.07 bits per heavy atom. The first-order chi connectivity index (χ1) is 6.31. The first kappa shape index (κ1) is 11.3. The average molecular weight is 200 g/mol. The van der Waals surface area contributed by atoms with Crippen LogP contribution in [-0.2, 0) is 4.74 Å². The van der Waals surface area contributed by atoms with E-state index in [0.29, 0.717) is 6.54 Å². The fourth-order valence-corrected chi connectivity index (χ4v) is 1.54. The molecule has 4 heteroatoms. The van der Waals surface area contributed by atoms with E-state index in [-0.39, 0.29) is 18.2 Å². The van der Waals surface area contributed by atoms with Crippen molar-refractivity contribution in [2.75, 3.05) is 6.54 Å². The predicted octanol–water partition coefficient (Wildman–Crippen LogP) is 1.34. The van der Waals surface area contributed by atoms with Crippen LogP contribution in [0.5, 0.6) is 0 Å². The highest BCUT2D eigenvalue weighted by atomic mass is 16.6. The monoisotopic (exact) mass is 200 g/mol. The number of amides is 1. The average Bonchev–Trinajstić information content (AvgIpc) is 2.29. The predicted molar refractivity (Wildman–Crippen MR) is 55.0 cm³/mol. The lowest BCUT2D eigenvalue weighted by Gasteiger charge is -2.27. The summed E-state index contributed by atoms with van der Waals surface area (Å²) in [6.07, 6.45) is 0.610. The smallest absolute Gasteiger partial charge is 0.410 e. The molecule has 2 atom stereocenters. The number of hydrogen-bond acceptors (Lipinski definition) is 3. The van der Waals surface area contributed by atoms with Gasteiger partial charge in [-0.2, -0.15) is 0 Å². The molecule has 1 fully saturated rings. The first-order valence-corrected chi connectivity index (χ1v) is 5.06. The maximum Gasteiger partial charge on any atom is 0.410 e. The second kappa shape index (κ2) is 3.77. The Labute approximate surface area is 85.4 Å². The molecule has 14 heavy (non-hydrogen) atoms. The van der Waals surface area contributed by atoms with Gasteiger partial charge in [0.2, 0.25) is 0 Å². The van der Waals surface area contributed by atoms with E-state index in [1.165, 1.54) is 0 Å². The van der Waals surface area contributed by atoms with Gasteiger partial charge < -0.3 is 15.4 Å². The summed E-state index contributed by atoms with van der Waals surface area (Å²) in [5.41, 5.74) is 5.39. The molecule has 0 aromatic carbocycles. The van der Waals surface area contributed by atoms with Crippen molar-refractivity contribution in [3.63, 3.8) is 0 Å². The molecule has 1 aliphatic heterocycles. The Hall–Kier alpha value is -0.770. The number of likely N-dealkylation sites (tertiary alicyclic amines) is 1. The van der Waals surface area contributed by atoms with E-state index >= 15 is 0 Å². The molecule has 2 N–H and O–H groups in total. The van der Waals surface area contributed by atoms with Crippen molar-refractivity contribution in [2.45, 2.75) is 51.8 Å². The van der Waals surface area contributed by atoms with E-state index in [9.17, 15) is 4.79 Å². The van der Waals surface area contributed by atoms with E-state index in [2.05, 4.69) is 0 Å². The van der Waals surface area contributed by atoms with Gasteiger partial charge >= 0.3 is 6.09 Å². The van der Waals surface area contributed by atoms with Crippen LogP contribution in [0.4, 0.5) is 4.79 Å². The van der Waals surface area contributed by atoms with Crippen LogP contribution in [-0.4, -0.2) is 35.2 Å². The number of rotatable bonds is 0. The van der Waals surface area contributed by atoms with Crippen LogP contribution in [0.3, 0.4) is 0 Å². The van der Waals surface area contributed by atoms with Crippen LogP contribution in [0.15, 0.2) is 0 Å². The van der Waals surface area contributed by atoms with E-state index in [0.717, 1.165) is 6.42 Å². The van der Waals surface area contributed by atoms with E-state index in [1.54, 1.807) is 4.90 Å². The SMILES string of the molecule is C[C@H]1C(N)CCN1C(=O)OC(C)(C)C. The maximum atomic E-state index is 11.7. The zero-order valence-electron chi connectivity index (χ0n) is 9.41. The second-order valence-electron chi connectivity index (χ2n) is 4.87. The topological polar surface area (TPSA) is 55.6 Å². The van der Waals surface area contributed by atoms with Crippen LogP contribution in [0, 0.1) is 0 Å². The van der Waals surface area contributed by atoms with E-state index in [4.69, 9.17) is 10.5 Å². The Morgan fingerprint density at radius 3 is 2.43 bits per heavy atom. The minimum atomic E-state index is -0.427. The quantitative estimate of drug-likeness (QED) is 0.642. The number of nitrogens with zero attached hydrogens (tertiary/aromatic N) is 1. The molecule has 0 saturated carbocycles. The molecule has 1 heterocycles. The summed E-state index contributed by atoms with van der Waals surface area (Å²) in [4.78, 5) is 13.4. The molecule has 1 unspecified atom stereocenters. The van der Waals surface area contributed by atoms with Crippen LogP contribution >= 0.6 is 0 Å². The van der Waals surface area contributed by atoms with E-state index in [1.807, 2.05) is 27.7 Å². The molecule has 0 aliphatic carbocycles. The maximum absolute atomic E-state index is 11.7. The van der Waals surface area contributed by atoms with Crippen molar-refractivity contribution >= 4 is 6.09 Å². The first-order valence-electron chi connectivity index (χ1n) is 5.06. The summed E-state index contributed by atoms with van der Waals surface area (Å²) >= 11 is 0. The summed E-state index contributed by atoms with van der Waals surface area (Å²) in [5, 5.41) is 0. The highest BCUT2D eigenvalue weighted by Gasteiger charge is 2.33. The number of carbonyl (C=O) groups is 1. The zero-order valence-corrected chi connectivity index (χ0v) is 9.41. The van der Waals surface area contributed by atoms with Gasteiger partial charge in [0.15, 0.2) is 0 Å². The van der Waals surface area contributed by atoms with Crippen molar-refractivity contribution in [2.24, 2.45) is 5.73 Å². The Bertz CT molecular complexity index is 223. The molecule has 4 nitrogen and oxygen atoms in total. The van der Waals surface area contributed by atoms with Gasteiger partial charge in [0.25, 0.3) is 0 Å². The third kappa shape index (κ3) is 2.61. The molecule has 1 rings (SSSR count). The minimum Gasteiger partial charge on any atom is -0.444 e. The standard InChI is InChI=1S/C10H20N2O2/c1-7-8(11)5-6-12(7)9(13)14-10(2,3)4/h7-8H,5-6,11H2,1-4H3/t7-,8?/m0/s1. The van der Waals surface area contributed by atoms with Crippen molar-refractivity contribution in [3.8, 4) is 0 Å². The number of nitrogens with two attached hydrogens (primary N) is 1. The molecule has 0 aromatic heterocycles. The molecule has 1 saturated heterocycles. The van der Waals surface area contributed by atoms with Crippen LogP contribution in [0.2, 0.25) is 0 Å². The van der Waals surface area contributed by atoms with Gasteiger partial charge in [0, 0.05) is 18.6 Å². The molecular weight excluding hydrogens is 180 g/mol. The molecule has 1 amide bonds. The van der Waals surface area contributed by atoms with Crippen LogP contribution in [0.1, 0.15) is 34.1 Å². The van der Waals surface area contributed by atoms with Gasteiger partial charge in [0.05, 0.1) is 0 Å². The Kier molecular flexibility index (Phi) is 3.04. The third-order valence-electron chi connectivity index (χ3n) is 2.44. The highest BCUT2D eigenvalue weighted by molar-refractivity contribution is 5.69. The van der Waals surface area contributed by atoms with Gasteiger partial charge in [-0.1, -0.05) is 0 Å². The molecule has 0 aromatic rings. The Morgan fingerprint density at radius 1 is 1.50 bits per heavy atom. The fraction of sp³-hybridized carbons (Fsp3) is 0.900. The van der Waals surface area contributed by atoms with Crippen molar-refractivity contribution in [1.29, 1.82) is 0 Å². The van der Waals surface area contributed by atoms with Crippen molar-refractivity contribution in [3.05, 3.63) is 0 Å². The zero-order chi connectivity index (χ0) is 10.9. The molecular formula is C10H20N2O2. The third-order valence-corrected chi connectivity index (χ3v) is 2.44. The van der Waals surface area contributed by atoms with E-state index < -0.39 is 5.60 Å². The summed E-state index contributed by atoms with van der Waals surface area (Å²) < 4.78 is 5.27. The lowest BCUT2D eigenvalue weighted by atomic mass is 10.2. The number of hydrogen-bond donors (Lipinski definition) is 1. The van der Waals surface area contributed by atoms with Crippen LogP contribution < -0.4 is 5.73 Å². The highest BCUT2D eigenvalue weighted by Crippen LogP contribution is 2.19. The largest absolute Gasteiger partial charge is 0.444 e. The summed E-state index contributed by atoms with van der Waals surface area (Å²) in [5.74, 6) is 0. The number of ether oxygens (including phenoxy) is 1. The van der Waals surface area contributed by atoms with Gasteiger partial charge in [0.1, 0.15) is 5.60 Å². The summed E-state index contributed by atoms with van der Waals surface area (Å²) in [7, 11) is 0. The van der Waals surface area contributed by atoms with Gasteiger partial charge in [-0.3, -0.25) is 0 Å². The molecule has 82 valence electrons. The molecule has 0 spiro atoms. The summed E-state index contributed by atoms with van der Waals surface area (Å²) in [6.45, 7) is 8.27.